The number of aryl methyl sites for hydroxylation is 2. The molecule has 0 amide bonds. The molecule has 0 aliphatic heterocycles. The topological polar surface area (TPSA) is 39.4 Å². The molecule has 2 aromatic heterocycles. The maximum Gasteiger partial charge on any atom is 0.264 e. The van der Waals surface area contributed by atoms with Crippen LogP contribution >= 0.6 is 15.9 Å². The standard InChI is InChI=1S/C14H12BrN3O/c1-9-3-4-11(7-10(9)2)19-14-13-16-5-6-18(13)8-12(15)17-14/h3-8H,1-2H3. The van der Waals surface area contributed by atoms with Gasteiger partial charge >= 0.3 is 0 Å². The first-order valence-corrected chi connectivity index (χ1v) is 6.67. The van der Waals surface area contributed by atoms with Crippen LogP contribution in [0.4, 0.5) is 0 Å². The van der Waals surface area contributed by atoms with Crippen molar-refractivity contribution in [1.82, 2.24) is 14.4 Å². The van der Waals surface area contributed by atoms with Gasteiger partial charge in [0.2, 0.25) is 5.65 Å². The predicted octanol–water partition coefficient (Wildman–Crippen LogP) is 3.90. The number of hydrogen-bond acceptors (Lipinski definition) is 3. The minimum atomic E-state index is 0.489. The molecule has 5 heteroatoms. The summed E-state index contributed by atoms with van der Waals surface area (Å²) in [5.41, 5.74) is 3.12. The van der Waals surface area contributed by atoms with E-state index in [2.05, 4.69) is 39.7 Å². The molecule has 1 aromatic carbocycles. The van der Waals surface area contributed by atoms with Crippen molar-refractivity contribution < 1.29 is 4.74 Å². The van der Waals surface area contributed by atoms with Crippen molar-refractivity contribution in [2.45, 2.75) is 13.8 Å². The van der Waals surface area contributed by atoms with Gasteiger partial charge in [-0.15, -0.1) is 0 Å². The molecule has 19 heavy (non-hydrogen) atoms. The van der Waals surface area contributed by atoms with Crippen molar-refractivity contribution >= 4 is 21.6 Å². The van der Waals surface area contributed by atoms with Gasteiger partial charge in [0.1, 0.15) is 10.4 Å². The van der Waals surface area contributed by atoms with Crippen LogP contribution in [0.3, 0.4) is 0 Å². The van der Waals surface area contributed by atoms with Crippen molar-refractivity contribution in [3.63, 3.8) is 0 Å². The summed E-state index contributed by atoms with van der Waals surface area (Å²) in [4.78, 5) is 8.58. The molecule has 0 fully saturated rings. The second kappa shape index (κ2) is 4.66. The maximum atomic E-state index is 5.84. The lowest BCUT2D eigenvalue weighted by Gasteiger charge is -2.08. The fourth-order valence-corrected chi connectivity index (χ4v) is 2.21. The smallest absolute Gasteiger partial charge is 0.264 e. The Morgan fingerprint density at radius 2 is 2.05 bits per heavy atom. The Hall–Kier alpha value is -1.88. The summed E-state index contributed by atoms with van der Waals surface area (Å²) in [5, 5.41) is 0. The van der Waals surface area contributed by atoms with Crippen LogP contribution in [-0.2, 0) is 0 Å². The molecule has 0 atom stereocenters. The zero-order valence-electron chi connectivity index (χ0n) is 10.6. The lowest BCUT2D eigenvalue weighted by atomic mass is 10.1. The molecule has 4 nitrogen and oxygen atoms in total. The third-order valence-corrected chi connectivity index (χ3v) is 3.39. The van der Waals surface area contributed by atoms with Crippen molar-refractivity contribution in [2.75, 3.05) is 0 Å². The summed E-state index contributed by atoms with van der Waals surface area (Å²) in [6, 6.07) is 5.97. The van der Waals surface area contributed by atoms with E-state index in [-0.39, 0.29) is 0 Å². The third kappa shape index (κ3) is 2.33. The largest absolute Gasteiger partial charge is 0.436 e. The van der Waals surface area contributed by atoms with Crippen molar-refractivity contribution in [2.24, 2.45) is 0 Å². The zero-order valence-corrected chi connectivity index (χ0v) is 12.2. The molecular weight excluding hydrogens is 306 g/mol. The number of ether oxygens (including phenoxy) is 1. The quantitative estimate of drug-likeness (QED) is 0.719. The normalized spacial score (nSPS) is 10.9. The molecule has 0 aliphatic carbocycles. The maximum absolute atomic E-state index is 5.84. The van der Waals surface area contributed by atoms with Gasteiger partial charge in [-0.1, -0.05) is 6.07 Å². The number of hydrogen-bond donors (Lipinski definition) is 0. The summed E-state index contributed by atoms with van der Waals surface area (Å²) >= 11 is 3.37. The Morgan fingerprint density at radius 3 is 2.84 bits per heavy atom. The zero-order chi connectivity index (χ0) is 13.4. The van der Waals surface area contributed by atoms with E-state index in [1.165, 1.54) is 11.1 Å². The summed E-state index contributed by atoms with van der Waals surface area (Å²) in [6.45, 7) is 4.13. The van der Waals surface area contributed by atoms with Crippen molar-refractivity contribution in [3.05, 3.63) is 52.5 Å². The summed E-state index contributed by atoms with van der Waals surface area (Å²) in [7, 11) is 0. The average Bonchev–Trinajstić information content (AvgIpc) is 2.82. The van der Waals surface area contributed by atoms with Crippen molar-refractivity contribution in [3.8, 4) is 11.6 Å². The molecule has 0 spiro atoms. The van der Waals surface area contributed by atoms with E-state index >= 15 is 0 Å². The second-order valence-corrected chi connectivity index (χ2v) is 5.19. The lowest BCUT2D eigenvalue weighted by Crippen LogP contribution is -1.95. The Balaban J connectivity index is 2.04. The number of imidazole rings is 1. The van der Waals surface area contributed by atoms with E-state index in [0.29, 0.717) is 16.1 Å². The molecule has 0 saturated heterocycles. The average molecular weight is 318 g/mol. The Kier molecular flexibility index (Phi) is 2.98. The summed E-state index contributed by atoms with van der Waals surface area (Å²) in [6.07, 6.45) is 5.42. The van der Waals surface area contributed by atoms with Crippen LogP contribution in [-0.4, -0.2) is 14.4 Å². The Bertz CT molecular complexity index is 752. The monoisotopic (exact) mass is 317 g/mol. The number of rotatable bonds is 2. The molecule has 0 bridgehead atoms. The summed E-state index contributed by atoms with van der Waals surface area (Å²) in [5.74, 6) is 1.25. The van der Waals surface area contributed by atoms with Gasteiger partial charge in [0, 0.05) is 18.6 Å². The number of aromatic nitrogens is 3. The third-order valence-electron chi connectivity index (χ3n) is 3.01. The molecule has 3 rings (SSSR count). The van der Waals surface area contributed by atoms with E-state index in [4.69, 9.17) is 4.74 Å². The Labute approximate surface area is 119 Å². The summed E-state index contributed by atoms with van der Waals surface area (Å²) < 4.78 is 8.42. The van der Waals surface area contributed by atoms with Gasteiger partial charge in [-0.2, -0.15) is 0 Å². The van der Waals surface area contributed by atoms with Gasteiger partial charge in [-0.3, -0.25) is 4.40 Å². The van der Waals surface area contributed by atoms with E-state index in [9.17, 15) is 0 Å². The van der Waals surface area contributed by atoms with Gasteiger partial charge in [0.05, 0.1) is 0 Å². The molecule has 0 N–H and O–H groups in total. The molecule has 0 unspecified atom stereocenters. The van der Waals surface area contributed by atoms with Gasteiger partial charge in [-0.25, -0.2) is 9.97 Å². The van der Waals surface area contributed by atoms with Crippen LogP contribution in [0.5, 0.6) is 11.6 Å². The lowest BCUT2D eigenvalue weighted by molar-refractivity contribution is 0.463. The first-order chi connectivity index (χ1) is 9.13. The number of nitrogens with zero attached hydrogens (tertiary/aromatic N) is 3. The van der Waals surface area contributed by atoms with E-state index in [1.54, 1.807) is 6.20 Å². The highest BCUT2D eigenvalue weighted by molar-refractivity contribution is 9.10. The van der Waals surface area contributed by atoms with E-state index in [1.807, 2.05) is 35.0 Å². The van der Waals surface area contributed by atoms with Gasteiger partial charge < -0.3 is 4.74 Å². The highest BCUT2D eigenvalue weighted by atomic mass is 79.9. The molecular formula is C14H12BrN3O. The van der Waals surface area contributed by atoms with Gasteiger partial charge in [0.25, 0.3) is 5.88 Å². The van der Waals surface area contributed by atoms with Crippen LogP contribution < -0.4 is 4.74 Å². The number of fused-ring (bicyclic) bond motifs is 1. The van der Waals surface area contributed by atoms with Gasteiger partial charge in [-0.05, 0) is 53.0 Å². The van der Waals surface area contributed by atoms with E-state index in [0.717, 1.165) is 5.75 Å². The minimum absolute atomic E-state index is 0.489. The molecule has 2 heterocycles. The SMILES string of the molecule is Cc1ccc(Oc2nc(Br)cn3ccnc23)cc1C. The second-order valence-electron chi connectivity index (χ2n) is 4.38. The molecule has 0 saturated carbocycles. The van der Waals surface area contributed by atoms with E-state index < -0.39 is 0 Å². The first kappa shape index (κ1) is 12.2. The van der Waals surface area contributed by atoms with Crippen LogP contribution in [0.2, 0.25) is 0 Å². The number of benzene rings is 1. The minimum Gasteiger partial charge on any atom is -0.436 e. The van der Waals surface area contributed by atoms with Crippen LogP contribution in [0.25, 0.3) is 5.65 Å². The molecule has 3 aromatic rings. The highest BCUT2D eigenvalue weighted by Gasteiger charge is 2.09. The molecule has 0 aliphatic rings. The molecule has 96 valence electrons. The Morgan fingerprint density at radius 1 is 1.21 bits per heavy atom. The first-order valence-electron chi connectivity index (χ1n) is 5.88. The van der Waals surface area contributed by atoms with Crippen molar-refractivity contribution in [1.29, 1.82) is 0 Å². The molecule has 0 radical (unpaired) electrons. The van der Waals surface area contributed by atoms with Crippen LogP contribution in [0.15, 0.2) is 41.4 Å². The fourth-order valence-electron chi connectivity index (χ4n) is 1.83. The van der Waals surface area contributed by atoms with Crippen LogP contribution in [0.1, 0.15) is 11.1 Å². The fraction of sp³-hybridized carbons (Fsp3) is 0.143. The number of halogens is 1. The van der Waals surface area contributed by atoms with Gasteiger partial charge in [0.15, 0.2) is 0 Å². The van der Waals surface area contributed by atoms with Crippen LogP contribution in [0, 0.1) is 13.8 Å². The highest BCUT2D eigenvalue weighted by Crippen LogP contribution is 2.26. The predicted molar refractivity (Wildman–Crippen MR) is 76.7 cm³/mol.